The topological polar surface area (TPSA) is 0 Å². The zero-order valence-electron chi connectivity index (χ0n) is 5.85. The first kappa shape index (κ1) is 10.4. The minimum atomic E-state index is 1.06. The van der Waals surface area contributed by atoms with Crippen LogP contribution in [0.2, 0.25) is 0 Å². The van der Waals surface area contributed by atoms with Crippen molar-refractivity contribution in [1.82, 2.24) is 0 Å². The second-order valence-electron chi connectivity index (χ2n) is 1.56. The Morgan fingerprint density at radius 3 is 1.90 bits per heavy atom. The van der Waals surface area contributed by atoms with E-state index in [4.69, 9.17) is 0 Å². The lowest BCUT2D eigenvalue weighted by molar-refractivity contribution is 1.56. The largest absolute Gasteiger partial charge is 0.0931 e. The Hall–Kier alpha value is 0.430. The predicted octanol–water partition coefficient (Wildman–Crippen LogP) is 3.69. The van der Waals surface area contributed by atoms with Gasteiger partial charge < -0.3 is 0 Å². The monoisotopic (exact) mass is 312 g/mol. The molecule has 0 atom stereocenters. The molecule has 0 saturated carbocycles. The van der Waals surface area contributed by atoms with Crippen LogP contribution in [0.4, 0.5) is 0 Å². The standard InChI is InChI=1S/C6H5I.C2H5Br/c7-6-4-2-1-3-5-6;1-2-3/h1-5H;2H2,1H3. The van der Waals surface area contributed by atoms with Gasteiger partial charge in [0.15, 0.2) is 0 Å². The lowest BCUT2D eigenvalue weighted by Crippen LogP contribution is -1.61. The Labute approximate surface area is 84.3 Å². The minimum absolute atomic E-state index is 1.06. The lowest BCUT2D eigenvalue weighted by atomic mass is 10.4. The maximum absolute atomic E-state index is 3.15. The van der Waals surface area contributed by atoms with Crippen LogP contribution in [0.3, 0.4) is 0 Å². The van der Waals surface area contributed by atoms with Crippen LogP contribution in [0.1, 0.15) is 6.92 Å². The van der Waals surface area contributed by atoms with Gasteiger partial charge in [-0.1, -0.05) is 41.1 Å². The predicted molar refractivity (Wildman–Crippen MR) is 58.6 cm³/mol. The summed E-state index contributed by atoms with van der Waals surface area (Å²) in [6.45, 7) is 2.04. The summed E-state index contributed by atoms with van der Waals surface area (Å²) in [4.78, 5) is 0. The van der Waals surface area contributed by atoms with Crippen molar-refractivity contribution in [1.29, 1.82) is 0 Å². The number of benzene rings is 1. The Morgan fingerprint density at radius 2 is 1.70 bits per heavy atom. The van der Waals surface area contributed by atoms with Crippen molar-refractivity contribution < 1.29 is 0 Å². The fourth-order valence-corrected chi connectivity index (χ4v) is 0.830. The molecule has 0 heterocycles. The van der Waals surface area contributed by atoms with E-state index in [1.807, 2.05) is 25.1 Å². The van der Waals surface area contributed by atoms with Crippen molar-refractivity contribution in [3.63, 3.8) is 0 Å². The second kappa shape index (κ2) is 7.54. The molecule has 56 valence electrons. The van der Waals surface area contributed by atoms with Crippen molar-refractivity contribution in [2.75, 3.05) is 5.33 Å². The van der Waals surface area contributed by atoms with Crippen LogP contribution in [0.25, 0.3) is 0 Å². The van der Waals surface area contributed by atoms with Crippen molar-refractivity contribution in [3.8, 4) is 0 Å². The van der Waals surface area contributed by atoms with Crippen molar-refractivity contribution in [3.05, 3.63) is 33.9 Å². The first-order valence-corrected chi connectivity index (χ1v) is 5.27. The van der Waals surface area contributed by atoms with Crippen LogP contribution in [0, 0.1) is 3.57 Å². The SMILES string of the molecule is CCBr.Ic1ccccc1. The number of hydrogen-bond acceptors (Lipinski definition) is 0. The van der Waals surface area contributed by atoms with Gasteiger partial charge >= 0.3 is 0 Å². The molecule has 0 aliphatic carbocycles. The molecule has 0 fully saturated rings. The molecule has 2 heteroatoms. The molecule has 0 saturated heterocycles. The van der Waals surface area contributed by atoms with Crippen LogP contribution in [-0.4, -0.2) is 5.33 Å². The average Bonchev–Trinajstić information content (AvgIpc) is 1.91. The fourth-order valence-electron chi connectivity index (χ4n) is 0.415. The number of alkyl halides is 1. The summed E-state index contributed by atoms with van der Waals surface area (Å²) in [5.41, 5.74) is 0. The Morgan fingerprint density at radius 1 is 1.30 bits per heavy atom. The first-order chi connectivity index (χ1) is 4.81. The summed E-state index contributed by atoms with van der Waals surface area (Å²) >= 11 is 5.43. The Bertz CT molecular complexity index is 151. The van der Waals surface area contributed by atoms with Crippen molar-refractivity contribution in [2.24, 2.45) is 0 Å². The van der Waals surface area contributed by atoms with Gasteiger partial charge in [-0.15, -0.1) is 0 Å². The van der Waals surface area contributed by atoms with Crippen molar-refractivity contribution in [2.45, 2.75) is 6.92 Å². The van der Waals surface area contributed by atoms with Gasteiger partial charge in [0.05, 0.1) is 0 Å². The van der Waals surface area contributed by atoms with E-state index in [9.17, 15) is 0 Å². The molecule has 0 unspecified atom stereocenters. The molecule has 0 radical (unpaired) electrons. The van der Waals surface area contributed by atoms with Gasteiger partial charge in [-0.05, 0) is 34.7 Å². The van der Waals surface area contributed by atoms with E-state index in [2.05, 4.69) is 50.7 Å². The lowest BCUT2D eigenvalue weighted by Gasteiger charge is -1.80. The quantitative estimate of drug-likeness (QED) is 0.506. The maximum Gasteiger partial charge on any atom is 0.0130 e. The summed E-state index contributed by atoms with van der Waals surface area (Å²) in [6, 6.07) is 10.2. The highest BCUT2D eigenvalue weighted by Crippen LogP contribution is 1.99. The zero-order valence-corrected chi connectivity index (χ0v) is 9.59. The van der Waals surface area contributed by atoms with E-state index >= 15 is 0 Å². The van der Waals surface area contributed by atoms with Crippen LogP contribution < -0.4 is 0 Å². The van der Waals surface area contributed by atoms with E-state index in [1.54, 1.807) is 0 Å². The molecule has 0 N–H and O–H groups in total. The highest BCUT2D eigenvalue weighted by molar-refractivity contribution is 14.1. The van der Waals surface area contributed by atoms with Gasteiger partial charge in [-0.25, -0.2) is 0 Å². The number of hydrogen-bond donors (Lipinski definition) is 0. The van der Waals surface area contributed by atoms with Gasteiger partial charge in [0.2, 0.25) is 0 Å². The molecule has 0 aliphatic heterocycles. The van der Waals surface area contributed by atoms with E-state index in [0.29, 0.717) is 0 Å². The highest BCUT2D eigenvalue weighted by atomic mass is 127. The molecule has 0 aliphatic rings. The van der Waals surface area contributed by atoms with Gasteiger partial charge in [0, 0.05) is 8.90 Å². The molecule has 0 nitrogen and oxygen atoms in total. The molecular formula is C8H10BrI. The normalized spacial score (nSPS) is 7.90. The van der Waals surface area contributed by atoms with Gasteiger partial charge in [-0.2, -0.15) is 0 Å². The molecule has 0 aromatic heterocycles. The maximum atomic E-state index is 3.15. The number of rotatable bonds is 0. The Kier molecular flexibility index (Phi) is 7.86. The van der Waals surface area contributed by atoms with E-state index in [-0.39, 0.29) is 0 Å². The van der Waals surface area contributed by atoms with Crippen LogP contribution in [0.5, 0.6) is 0 Å². The van der Waals surface area contributed by atoms with Crippen LogP contribution in [-0.2, 0) is 0 Å². The highest BCUT2D eigenvalue weighted by Gasteiger charge is 1.74. The first-order valence-electron chi connectivity index (χ1n) is 3.07. The van der Waals surface area contributed by atoms with Crippen LogP contribution in [0.15, 0.2) is 30.3 Å². The average molecular weight is 313 g/mol. The zero-order chi connectivity index (χ0) is 7.82. The molecule has 10 heavy (non-hydrogen) atoms. The summed E-state index contributed by atoms with van der Waals surface area (Å²) in [6.07, 6.45) is 0. The summed E-state index contributed by atoms with van der Waals surface area (Å²) in [5.74, 6) is 0. The third-order valence-electron chi connectivity index (χ3n) is 0.733. The smallest absolute Gasteiger partial charge is 0.0130 e. The third-order valence-corrected chi connectivity index (χ3v) is 1.45. The molecule has 1 aromatic carbocycles. The van der Waals surface area contributed by atoms with Crippen LogP contribution >= 0.6 is 38.5 Å². The third kappa shape index (κ3) is 6.55. The molecule has 0 bridgehead atoms. The fraction of sp³-hybridized carbons (Fsp3) is 0.250. The second-order valence-corrected chi connectivity index (χ2v) is 3.93. The van der Waals surface area contributed by atoms with E-state index in [0.717, 1.165) is 5.33 Å². The number of halogens is 2. The molecule has 0 spiro atoms. The molecule has 1 rings (SSSR count). The molecule has 1 aromatic rings. The molecular weight excluding hydrogens is 303 g/mol. The van der Waals surface area contributed by atoms with E-state index < -0.39 is 0 Å². The minimum Gasteiger partial charge on any atom is -0.0931 e. The summed E-state index contributed by atoms with van der Waals surface area (Å²) < 4.78 is 1.29. The molecule has 0 amide bonds. The van der Waals surface area contributed by atoms with E-state index in [1.165, 1.54) is 3.57 Å². The van der Waals surface area contributed by atoms with Gasteiger partial charge in [0.25, 0.3) is 0 Å². The van der Waals surface area contributed by atoms with Gasteiger partial charge in [-0.3, -0.25) is 0 Å². The summed E-state index contributed by atoms with van der Waals surface area (Å²) in [7, 11) is 0. The summed E-state index contributed by atoms with van der Waals surface area (Å²) in [5, 5.41) is 1.06. The van der Waals surface area contributed by atoms with Crippen molar-refractivity contribution >= 4 is 38.5 Å². The Balaban J connectivity index is 0.000000236. The van der Waals surface area contributed by atoms with Gasteiger partial charge in [0.1, 0.15) is 0 Å².